The molecule has 1 saturated heterocycles. The smallest absolute Gasteiger partial charge is 0.311 e. The van der Waals surface area contributed by atoms with E-state index in [-0.39, 0.29) is 23.4 Å². The van der Waals surface area contributed by atoms with Gasteiger partial charge in [0.15, 0.2) is 5.75 Å². The molecule has 7 heteroatoms. The number of rotatable bonds is 5. The first-order valence-corrected chi connectivity index (χ1v) is 7.83. The SMILES string of the molecule is COc1cc(N[C@@H](C)C(=O)N2CCCC[C@@H]2C)ccc1[N+](=O)[O-]. The van der Waals surface area contributed by atoms with Crippen molar-refractivity contribution in [2.45, 2.75) is 45.2 Å². The summed E-state index contributed by atoms with van der Waals surface area (Å²) in [4.78, 5) is 24.9. The van der Waals surface area contributed by atoms with Crippen LogP contribution in [0.3, 0.4) is 0 Å². The third kappa shape index (κ3) is 3.91. The van der Waals surface area contributed by atoms with Crippen molar-refractivity contribution < 1.29 is 14.5 Å². The number of piperidine rings is 1. The van der Waals surface area contributed by atoms with Crippen LogP contribution in [-0.2, 0) is 4.79 Å². The van der Waals surface area contributed by atoms with E-state index in [2.05, 4.69) is 12.2 Å². The monoisotopic (exact) mass is 321 g/mol. The van der Waals surface area contributed by atoms with Gasteiger partial charge in [-0.15, -0.1) is 0 Å². The van der Waals surface area contributed by atoms with Crippen molar-refractivity contribution in [3.63, 3.8) is 0 Å². The average molecular weight is 321 g/mol. The number of amides is 1. The highest BCUT2D eigenvalue weighted by Crippen LogP contribution is 2.30. The van der Waals surface area contributed by atoms with Gasteiger partial charge in [0.2, 0.25) is 5.91 Å². The van der Waals surface area contributed by atoms with Gasteiger partial charge in [0.05, 0.1) is 12.0 Å². The van der Waals surface area contributed by atoms with E-state index in [1.54, 1.807) is 19.1 Å². The Kier molecular flexibility index (Phi) is 5.41. The molecule has 23 heavy (non-hydrogen) atoms. The molecule has 1 amide bonds. The highest BCUT2D eigenvalue weighted by atomic mass is 16.6. The number of ether oxygens (including phenoxy) is 1. The summed E-state index contributed by atoms with van der Waals surface area (Å²) in [5.41, 5.74) is 0.527. The summed E-state index contributed by atoms with van der Waals surface area (Å²) in [5.74, 6) is 0.223. The standard InChI is InChI=1S/C16H23N3O4/c1-11-6-4-5-9-18(11)16(20)12(2)17-13-7-8-14(19(21)22)15(10-13)23-3/h7-8,10-12,17H,4-6,9H2,1-3H3/t11-,12-/m0/s1. The molecule has 2 rings (SSSR count). The van der Waals surface area contributed by atoms with Crippen LogP contribution in [0, 0.1) is 10.1 Å². The van der Waals surface area contributed by atoms with Gasteiger partial charge < -0.3 is 15.0 Å². The van der Waals surface area contributed by atoms with E-state index in [9.17, 15) is 14.9 Å². The molecule has 0 unspecified atom stereocenters. The van der Waals surface area contributed by atoms with Gasteiger partial charge in [0.25, 0.3) is 0 Å². The van der Waals surface area contributed by atoms with Crippen molar-refractivity contribution in [3.8, 4) is 5.75 Å². The summed E-state index contributed by atoms with van der Waals surface area (Å²) < 4.78 is 5.05. The molecular weight excluding hydrogens is 298 g/mol. The van der Waals surface area contributed by atoms with Gasteiger partial charge >= 0.3 is 5.69 Å². The molecule has 1 heterocycles. The Morgan fingerprint density at radius 1 is 1.48 bits per heavy atom. The first-order valence-electron chi connectivity index (χ1n) is 7.83. The average Bonchev–Trinajstić information content (AvgIpc) is 2.54. The van der Waals surface area contributed by atoms with Gasteiger partial charge in [0.1, 0.15) is 6.04 Å². The van der Waals surface area contributed by atoms with E-state index in [1.165, 1.54) is 13.2 Å². The predicted molar refractivity (Wildman–Crippen MR) is 87.8 cm³/mol. The van der Waals surface area contributed by atoms with Crippen LogP contribution in [0.1, 0.15) is 33.1 Å². The van der Waals surface area contributed by atoms with Crippen LogP contribution in [0.25, 0.3) is 0 Å². The maximum atomic E-state index is 12.6. The Hall–Kier alpha value is -2.31. The topological polar surface area (TPSA) is 84.7 Å². The summed E-state index contributed by atoms with van der Waals surface area (Å²) >= 11 is 0. The maximum absolute atomic E-state index is 12.6. The van der Waals surface area contributed by atoms with Crippen LogP contribution >= 0.6 is 0 Å². The van der Waals surface area contributed by atoms with Crippen molar-refractivity contribution >= 4 is 17.3 Å². The van der Waals surface area contributed by atoms with E-state index in [0.717, 1.165) is 25.8 Å². The number of carbonyl (C=O) groups is 1. The summed E-state index contributed by atoms with van der Waals surface area (Å²) in [5, 5.41) is 14.0. The van der Waals surface area contributed by atoms with Crippen LogP contribution in [0.4, 0.5) is 11.4 Å². The number of nitro groups is 1. The molecule has 1 fully saturated rings. The lowest BCUT2D eigenvalue weighted by atomic mass is 10.0. The number of nitro benzene ring substituents is 1. The lowest BCUT2D eigenvalue weighted by molar-refractivity contribution is -0.385. The van der Waals surface area contributed by atoms with Crippen LogP contribution in [0.5, 0.6) is 5.75 Å². The molecule has 126 valence electrons. The van der Waals surface area contributed by atoms with Gasteiger partial charge in [0, 0.05) is 30.4 Å². The van der Waals surface area contributed by atoms with Crippen molar-refractivity contribution in [1.82, 2.24) is 4.90 Å². The number of nitrogens with zero attached hydrogens (tertiary/aromatic N) is 2. The molecule has 0 aliphatic carbocycles. The van der Waals surface area contributed by atoms with Gasteiger partial charge in [-0.1, -0.05) is 0 Å². The fraction of sp³-hybridized carbons (Fsp3) is 0.562. The predicted octanol–water partition coefficient (Wildman–Crippen LogP) is 2.80. The molecule has 0 radical (unpaired) electrons. The molecule has 1 aliphatic heterocycles. The van der Waals surface area contributed by atoms with E-state index in [4.69, 9.17) is 4.74 Å². The lowest BCUT2D eigenvalue weighted by Crippen LogP contribution is -2.48. The largest absolute Gasteiger partial charge is 0.490 e. The molecule has 1 aromatic carbocycles. The molecule has 1 aliphatic rings. The molecular formula is C16H23N3O4. The Bertz CT molecular complexity index is 591. The second-order valence-corrected chi connectivity index (χ2v) is 5.89. The molecule has 0 spiro atoms. The van der Waals surface area contributed by atoms with E-state index in [0.29, 0.717) is 5.69 Å². The number of hydrogen-bond acceptors (Lipinski definition) is 5. The van der Waals surface area contributed by atoms with Crippen molar-refractivity contribution in [3.05, 3.63) is 28.3 Å². The molecule has 7 nitrogen and oxygen atoms in total. The minimum Gasteiger partial charge on any atom is -0.490 e. The molecule has 0 aromatic heterocycles. The zero-order chi connectivity index (χ0) is 17.0. The van der Waals surface area contributed by atoms with E-state index < -0.39 is 11.0 Å². The van der Waals surface area contributed by atoms with Gasteiger partial charge in [-0.3, -0.25) is 14.9 Å². The van der Waals surface area contributed by atoms with Gasteiger partial charge in [-0.25, -0.2) is 0 Å². The quantitative estimate of drug-likeness (QED) is 0.666. The third-order valence-electron chi connectivity index (χ3n) is 4.22. The maximum Gasteiger partial charge on any atom is 0.311 e. The second kappa shape index (κ2) is 7.30. The third-order valence-corrected chi connectivity index (χ3v) is 4.22. The minimum atomic E-state index is -0.493. The van der Waals surface area contributed by atoms with Gasteiger partial charge in [-0.05, 0) is 39.2 Å². The van der Waals surface area contributed by atoms with E-state index in [1.807, 2.05) is 4.90 Å². The number of carbonyl (C=O) groups excluding carboxylic acids is 1. The molecule has 0 saturated carbocycles. The van der Waals surface area contributed by atoms with Gasteiger partial charge in [-0.2, -0.15) is 0 Å². The molecule has 0 bridgehead atoms. The number of nitrogens with one attached hydrogen (secondary N) is 1. The highest BCUT2D eigenvalue weighted by molar-refractivity contribution is 5.84. The number of anilines is 1. The minimum absolute atomic E-state index is 0.0505. The summed E-state index contributed by atoms with van der Waals surface area (Å²) in [6, 6.07) is 4.36. The Labute approximate surface area is 135 Å². The first kappa shape index (κ1) is 17.1. The number of benzene rings is 1. The first-order chi connectivity index (χ1) is 10.9. The van der Waals surface area contributed by atoms with Crippen LogP contribution < -0.4 is 10.1 Å². The van der Waals surface area contributed by atoms with Crippen LogP contribution in [-0.4, -0.2) is 41.5 Å². The van der Waals surface area contributed by atoms with Crippen LogP contribution in [0.2, 0.25) is 0 Å². The normalized spacial score (nSPS) is 19.1. The Morgan fingerprint density at radius 2 is 2.22 bits per heavy atom. The fourth-order valence-electron chi connectivity index (χ4n) is 2.90. The number of hydrogen-bond donors (Lipinski definition) is 1. The molecule has 1 N–H and O–H groups in total. The lowest BCUT2D eigenvalue weighted by Gasteiger charge is -2.35. The highest BCUT2D eigenvalue weighted by Gasteiger charge is 2.27. The molecule has 1 aromatic rings. The van der Waals surface area contributed by atoms with Crippen molar-refractivity contribution in [1.29, 1.82) is 0 Å². The van der Waals surface area contributed by atoms with Crippen molar-refractivity contribution in [2.24, 2.45) is 0 Å². The Morgan fingerprint density at radius 3 is 2.83 bits per heavy atom. The zero-order valence-electron chi connectivity index (χ0n) is 13.7. The molecule has 2 atom stereocenters. The Balaban J connectivity index is 2.08. The number of methoxy groups -OCH3 is 1. The van der Waals surface area contributed by atoms with E-state index >= 15 is 0 Å². The zero-order valence-corrected chi connectivity index (χ0v) is 13.7. The summed E-state index contributed by atoms with van der Waals surface area (Å²) in [7, 11) is 1.39. The fourth-order valence-corrected chi connectivity index (χ4v) is 2.90. The van der Waals surface area contributed by atoms with Crippen LogP contribution in [0.15, 0.2) is 18.2 Å². The summed E-state index contributed by atoms with van der Waals surface area (Å²) in [6.45, 7) is 4.66. The number of likely N-dealkylation sites (tertiary alicyclic amines) is 1. The second-order valence-electron chi connectivity index (χ2n) is 5.89. The summed E-state index contributed by atoms with van der Waals surface area (Å²) in [6.07, 6.45) is 3.23. The van der Waals surface area contributed by atoms with Crippen molar-refractivity contribution in [2.75, 3.05) is 19.0 Å².